The zero-order valence-corrected chi connectivity index (χ0v) is 6.53. The molecular weight excluding hydrogens is 166 g/mol. The van der Waals surface area contributed by atoms with Gasteiger partial charge >= 0.3 is 11.7 Å². The molecule has 0 unspecified atom stereocenters. The van der Waals surface area contributed by atoms with Gasteiger partial charge in [0, 0.05) is 7.05 Å². The lowest BCUT2D eigenvalue weighted by atomic mass is 10.6. The van der Waals surface area contributed by atoms with Crippen molar-refractivity contribution >= 4 is 5.91 Å². The third-order valence-corrected chi connectivity index (χ3v) is 1.20. The highest BCUT2D eigenvalue weighted by atomic mass is 16.7. The molecule has 0 atom stereocenters. The predicted molar refractivity (Wildman–Crippen MR) is 36.2 cm³/mol. The van der Waals surface area contributed by atoms with Crippen LogP contribution in [-0.4, -0.2) is 35.3 Å². The minimum absolute atomic E-state index is 0.190. The van der Waals surface area contributed by atoms with Gasteiger partial charge in [-0.25, -0.2) is 9.86 Å². The van der Waals surface area contributed by atoms with E-state index in [1.165, 1.54) is 14.2 Å². The summed E-state index contributed by atoms with van der Waals surface area (Å²) in [5.74, 6) is -1.55. The molecule has 0 saturated heterocycles. The predicted octanol–water partition coefficient (Wildman–Crippen LogP) is -1.00. The van der Waals surface area contributed by atoms with Gasteiger partial charge in [0.25, 0.3) is 0 Å². The summed E-state index contributed by atoms with van der Waals surface area (Å²) in [7, 11) is 2.70. The van der Waals surface area contributed by atoms with Gasteiger partial charge in [0.2, 0.25) is 5.82 Å². The highest BCUT2D eigenvalue weighted by Crippen LogP contribution is 1.92. The monoisotopic (exact) mass is 173 g/mol. The Morgan fingerprint density at radius 2 is 2.42 bits per heavy atom. The van der Waals surface area contributed by atoms with E-state index in [-0.39, 0.29) is 5.82 Å². The fourth-order valence-corrected chi connectivity index (χ4v) is 0.554. The largest absolute Gasteiger partial charge is 0.439 e. The summed E-state index contributed by atoms with van der Waals surface area (Å²) < 4.78 is 4.12. The van der Waals surface area contributed by atoms with Crippen molar-refractivity contribution in [3.8, 4) is 0 Å². The summed E-state index contributed by atoms with van der Waals surface area (Å²) >= 11 is 0. The average Bonchev–Trinajstić information content (AvgIpc) is 2.49. The number of hydrogen-bond acceptors (Lipinski definition) is 5. The lowest BCUT2D eigenvalue weighted by Gasteiger charge is -2.09. The molecule has 12 heavy (non-hydrogen) atoms. The molecular formula is C5H7N3O4. The van der Waals surface area contributed by atoms with E-state index in [9.17, 15) is 9.59 Å². The molecule has 0 saturated carbocycles. The molecule has 7 heteroatoms. The van der Waals surface area contributed by atoms with Crippen LogP contribution in [0.2, 0.25) is 0 Å². The maximum absolute atomic E-state index is 11.1. The van der Waals surface area contributed by atoms with Crippen molar-refractivity contribution in [2.45, 2.75) is 0 Å². The second-order valence-electron chi connectivity index (χ2n) is 1.93. The molecule has 0 aliphatic heterocycles. The molecule has 0 aliphatic carbocycles. The van der Waals surface area contributed by atoms with E-state index < -0.39 is 11.7 Å². The Morgan fingerprint density at radius 3 is 2.83 bits per heavy atom. The van der Waals surface area contributed by atoms with Crippen LogP contribution in [0, 0.1) is 0 Å². The first-order valence-electron chi connectivity index (χ1n) is 3.03. The maximum Gasteiger partial charge on any atom is 0.439 e. The van der Waals surface area contributed by atoms with Crippen molar-refractivity contribution in [1.29, 1.82) is 0 Å². The normalized spacial score (nSPS) is 9.83. The van der Waals surface area contributed by atoms with Crippen molar-refractivity contribution in [2.24, 2.45) is 0 Å². The number of carbonyl (C=O) groups is 1. The number of aromatic amines is 1. The SMILES string of the molecule is CON(C)C(=O)c1noc(=O)[nH]1. The Labute approximate surface area is 66.9 Å². The molecule has 1 aromatic rings. The van der Waals surface area contributed by atoms with Crippen LogP contribution in [0.5, 0.6) is 0 Å². The first-order chi connectivity index (χ1) is 5.65. The zero-order chi connectivity index (χ0) is 9.14. The number of carbonyl (C=O) groups excluding carboxylic acids is 1. The van der Waals surface area contributed by atoms with Gasteiger partial charge in [-0.05, 0) is 5.16 Å². The Bertz CT molecular complexity index is 327. The van der Waals surface area contributed by atoms with Gasteiger partial charge in [0.1, 0.15) is 0 Å². The van der Waals surface area contributed by atoms with Crippen molar-refractivity contribution in [2.75, 3.05) is 14.2 Å². The standard InChI is InChI=1S/C5H7N3O4/c1-8(11-2)4(9)3-6-5(10)12-7-3/h1-2H3,(H,6,7,10). The van der Waals surface area contributed by atoms with Crippen molar-refractivity contribution in [3.63, 3.8) is 0 Å². The van der Waals surface area contributed by atoms with Crippen molar-refractivity contribution < 1.29 is 14.2 Å². The summed E-state index contributed by atoms with van der Waals surface area (Å²) in [5, 5.41) is 4.08. The molecule has 1 aromatic heterocycles. The number of hydrogen-bond donors (Lipinski definition) is 1. The van der Waals surface area contributed by atoms with E-state index in [1.54, 1.807) is 0 Å². The molecule has 0 radical (unpaired) electrons. The lowest BCUT2D eigenvalue weighted by molar-refractivity contribution is -0.0765. The van der Waals surface area contributed by atoms with Gasteiger partial charge in [-0.3, -0.25) is 19.1 Å². The van der Waals surface area contributed by atoms with Gasteiger partial charge < -0.3 is 0 Å². The highest BCUT2D eigenvalue weighted by Gasteiger charge is 2.15. The molecule has 66 valence electrons. The second kappa shape index (κ2) is 3.18. The molecule has 1 N–H and O–H groups in total. The third kappa shape index (κ3) is 1.51. The van der Waals surface area contributed by atoms with Crippen LogP contribution in [0.15, 0.2) is 9.32 Å². The maximum atomic E-state index is 11.1. The molecule has 0 fully saturated rings. The van der Waals surface area contributed by atoms with Crippen LogP contribution < -0.4 is 5.76 Å². The summed E-state index contributed by atoms with van der Waals surface area (Å²) in [4.78, 5) is 28.1. The van der Waals surface area contributed by atoms with E-state index in [4.69, 9.17) is 0 Å². The third-order valence-electron chi connectivity index (χ3n) is 1.20. The van der Waals surface area contributed by atoms with Crippen LogP contribution in [0.3, 0.4) is 0 Å². The Kier molecular flexibility index (Phi) is 2.24. The lowest BCUT2D eigenvalue weighted by Crippen LogP contribution is -2.26. The molecule has 7 nitrogen and oxygen atoms in total. The van der Waals surface area contributed by atoms with Crippen molar-refractivity contribution in [3.05, 3.63) is 16.4 Å². The summed E-state index contributed by atoms with van der Waals surface area (Å²) in [6, 6.07) is 0. The zero-order valence-electron chi connectivity index (χ0n) is 6.53. The van der Waals surface area contributed by atoms with Gasteiger partial charge in [-0.1, -0.05) is 0 Å². The van der Waals surface area contributed by atoms with E-state index in [0.29, 0.717) is 0 Å². The van der Waals surface area contributed by atoms with Crippen molar-refractivity contribution in [1.82, 2.24) is 15.2 Å². The molecule has 1 heterocycles. The van der Waals surface area contributed by atoms with E-state index in [2.05, 4.69) is 19.5 Å². The van der Waals surface area contributed by atoms with Crippen LogP contribution in [0.25, 0.3) is 0 Å². The van der Waals surface area contributed by atoms with Gasteiger partial charge in [-0.2, -0.15) is 0 Å². The number of H-pyrrole nitrogens is 1. The molecule has 0 spiro atoms. The van der Waals surface area contributed by atoms with Gasteiger partial charge in [-0.15, -0.1) is 0 Å². The number of nitrogens with zero attached hydrogens (tertiary/aromatic N) is 2. The van der Waals surface area contributed by atoms with Crippen LogP contribution in [-0.2, 0) is 4.84 Å². The topological polar surface area (TPSA) is 88.4 Å². The van der Waals surface area contributed by atoms with E-state index >= 15 is 0 Å². The summed E-state index contributed by atoms with van der Waals surface area (Å²) in [6.07, 6.45) is 0. The first kappa shape index (κ1) is 8.47. The first-order valence-corrected chi connectivity index (χ1v) is 3.03. The fourth-order valence-electron chi connectivity index (χ4n) is 0.554. The molecule has 1 rings (SSSR count). The van der Waals surface area contributed by atoms with Crippen LogP contribution in [0.1, 0.15) is 10.6 Å². The van der Waals surface area contributed by atoms with Gasteiger partial charge in [0.05, 0.1) is 7.11 Å². The number of nitrogens with one attached hydrogen (secondary N) is 1. The quantitative estimate of drug-likeness (QED) is 0.579. The number of rotatable bonds is 2. The van der Waals surface area contributed by atoms with E-state index in [1.807, 2.05) is 0 Å². The van der Waals surface area contributed by atoms with Crippen LogP contribution >= 0.6 is 0 Å². The van der Waals surface area contributed by atoms with E-state index in [0.717, 1.165) is 5.06 Å². The second-order valence-corrected chi connectivity index (χ2v) is 1.93. The molecule has 0 bridgehead atoms. The number of aromatic nitrogens is 2. The fraction of sp³-hybridized carbons (Fsp3) is 0.400. The molecule has 0 aliphatic rings. The Hall–Kier alpha value is -1.63. The van der Waals surface area contributed by atoms with Crippen LogP contribution in [0.4, 0.5) is 0 Å². The summed E-state index contributed by atoms with van der Waals surface area (Å²) in [5.41, 5.74) is 0. The molecule has 0 aromatic carbocycles. The minimum Gasteiger partial charge on any atom is -0.295 e. The number of hydroxylamine groups is 2. The van der Waals surface area contributed by atoms with Gasteiger partial charge in [0.15, 0.2) is 0 Å². The average molecular weight is 173 g/mol. The number of amides is 1. The summed E-state index contributed by atoms with van der Waals surface area (Å²) in [6.45, 7) is 0. The highest BCUT2D eigenvalue weighted by molar-refractivity contribution is 5.89. The smallest absolute Gasteiger partial charge is 0.295 e. The Balaban J connectivity index is 2.85. The molecule has 1 amide bonds. The Morgan fingerprint density at radius 1 is 1.75 bits per heavy atom. The minimum atomic E-state index is -0.775.